The molecule has 1 saturated heterocycles. The maximum absolute atomic E-state index is 6.19. The van der Waals surface area contributed by atoms with Gasteiger partial charge in [-0.1, -0.05) is 18.9 Å². The van der Waals surface area contributed by atoms with Gasteiger partial charge in [0.15, 0.2) is 0 Å². The van der Waals surface area contributed by atoms with Gasteiger partial charge in [-0.15, -0.1) is 0 Å². The van der Waals surface area contributed by atoms with Crippen LogP contribution in [0.5, 0.6) is 5.75 Å². The monoisotopic (exact) mass is 337 g/mol. The van der Waals surface area contributed by atoms with Gasteiger partial charge in [-0.25, -0.2) is 0 Å². The summed E-state index contributed by atoms with van der Waals surface area (Å²) in [5, 5.41) is 3.64. The van der Waals surface area contributed by atoms with Gasteiger partial charge < -0.3 is 10.1 Å². The van der Waals surface area contributed by atoms with Gasteiger partial charge in [0.25, 0.3) is 0 Å². The van der Waals surface area contributed by atoms with Gasteiger partial charge in [-0.3, -0.25) is 0 Å². The second kappa shape index (κ2) is 6.48. The number of benzene rings is 1. The van der Waals surface area contributed by atoms with E-state index in [4.69, 9.17) is 4.74 Å². The molecule has 0 aromatic heterocycles. The molecule has 0 radical (unpaired) electrons. The second-order valence-electron chi connectivity index (χ2n) is 6.28. The smallest absolute Gasteiger partial charge is 0.138 e. The zero-order chi connectivity index (χ0) is 13.9. The van der Waals surface area contributed by atoms with E-state index in [1.54, 1.807) is 0 Å². The average molecular weight is 338 g/mol. The summed E-state index contributed by atoms with van der Waals surface area (Å²) in [5.41, 5.74) is 2.64. The van der Waals surface area contributed by atoms with E-state index in [-0.39, 0.29) is 0 Å². The molecule has 1 unspecified atom stereocenters. The van der Waals surface area contributed by atoms with Crippen molar-refractivity contribution in [2.24, 2.45) is 5.92 Å². The molecule has 2 aliphatic rings. The third kappa shape index (κ3) is 3.20. The first-order valence-corrected chi connectivity index (χ1v) is 8.69. The SMILES string of the molecule is Cc1cc(Br)c(OCC2CCC2)c(C2CCCCN2)c1. The van der Waals surface area contributed by atoms with Crippen molar-refractivity contribution in [3.05, 3.63) is 27.7 Å². The van der Waals surface area contributed by atoms with Crippen LogP contribution in [-0.2, 0) is 0 Å². The fourth-order valence-electron chi connectivity index (χ4n) is 3.14. The molecule has 2 fully saturated rings. The Morgan fingerprint density at radius 2 is 2.05 bits per heavy atom. The number of ether oxygens (including phenoxy) is 1. The molecule has 110 valence electrons. The van der Waals surface area contributed by atoms with Crippen LogP contribution in [0.15, 0.2) is 16.6 Å². The summed E-state index contributed by atoms with van der Waals surface area (Å²) in [6.45, 7) is 4.16. The minimum atomic E-state index is 0.455. The van der Waals surface area contributed by atoms with Crippen LogP contribution in [0.2, 0.25) is 0 Å². The number of halogens is 1. The van der Waals surface area contributed by atoms with Crippen molar-refractivity contribution in [3.8, 4) is 5.75 Å². The van der Waals surface area contributed by atoms with Gasteiger partial charge >= 0.3 is 0 Å². The van der Waals surface area contributed by atoms with Crippen LogP contribution in [-0.4, -0.2) is 13.2 Å². The van der Waals surface area contributed by atoms with Crippen LogP contribution in [0.4, 0.5) is 0 Å². The molecule has 1 aliphatic heterocycles. The summed E-state index contributed by atoms with van der Waals surface area (Å²) >= 11 is 3.70. The highest BCUT2D eigenvalue weighted by Gasteiger charge is 2.23. The van der Waals surface area contributed by atoms with E-state index in [0.717, 1.165) is 29.3 Å². The van der Waals surface area contributed by atoms with E-state index in [9.17, 15) is 0 Å². The Labute approximate surface area is 130 Å². The number of piperidine rings is 1. The number of aryl methyl sites for hydroxylation is 1. The first-order valence-electron chi connectivity index (χ1n) is 7.90. The molecule has 1 heterocycles. The zero-order valence-electron chi connectivity index (χ0n) is 12.3. The summed E-state index contributed by atoms with van der Waals surface area (Å²) in [5.74, 6) is 1.84. The maximum Gasteiger partial charge on any atom is 0.138 e. The maximum atomic E-state index is 6.19. The third-order valence-corrected chi connectivity index (χ3v) is 5.18. The van der Waals surface area contributed by atoms with E-state index < -0.39 is 0 Å². The summed E-state index contributed by atoms with van der Waals surface area (Å²) in [7, 11) is 0. The Balaban J connectivity index is 1.80. The van der Waals surface area contributed by atoms with Crippen molar-refractivity contribution in [2.75, 3.05) is 13.2 Å². The summed E-state index contributed by atoms with van der Waals surface area (Å²) in [6.07, 6.45) is 7.86. The fraction of sp³-hybridized carbons (Fsp3) is 0.647. The predicted octanol–water partition coefficient (Wildman–Crippen LogP) is 4.75. The molecule has 1 aliphatic carbocycles. The van der Waals surface area contributed by atoms with Gasteiger partial charge in [-0.05, 0) is 72.6 Å². The van der Waals surface area contributed by atoms with Gasteiger partial charge in [0, 0.05) is 11.6 Å². The predicted molar refractivity (Wildman–Crippen MR) is 86.3 cm³/mol. The fourth-order valence-corrected chi connectivity index (χ4v) is 3.85. The van der Waals surface area contributed by atoms with Crippen LogP contribution < -0.4 is 10.1 Å². The standard InChI is InChI=1S/C17H24BrNO/c1-12-9-14(16-7-2-3-8-19-16)17(15(18)10-12)20-11-13-5-4-6-13/h9-10,13,16,19H,2-8,11H2,1H3. The van der Waals surface area contributed by atoms with Crippen LogP contribution in [0.3, 0.4) is 0 Å². The Hall–Kier alpha value is -0.540. The highest BCUT2D eigenvalue weighted by atomic mass is 79.9. The van der Waals surface area contributed by atoms with Gasteiger partial charge in [0.1, 0.15) is 5.75 Å². The molecule has 1 saturated carbocycles. The number of nitrogens with one attached hydrogen (secondary N) is 1. The Morgan fingerprint density at radius 1 is 1.20 bits per heavy atom. The van der Waals surface area contributed by atoms with Crippen molar-refractivity contribution in [1.29, 1.82) is 0 Å². The highest BCUT2D eigenvalue weighted by Crippen LogP contribution is 2.38. The lowest BCUT2D eigenvalue weighted by atomic mass is 9.86. The summed E-state index contributed by atoms with van der Waals surface area (Å²) in [6, 6.07) is 4.92. The normalized spacial score (nSPS) is 23.4. The van der Waals surface area contributed by atoms with Crippen molar-refractivity contribution in [1.82, 2.24) is 5.32 Å². The van der Waals surface area contributed by atoms with Gasteiger partial charge in [-0.2, -0.15) is 0 Å². The zero-order valence-corrected chi connectivity index (χ0v) is 13.8. The molecule has 3 heteroatoms. The molecular weight excluding hydrogens is 314 g/mol. The minimum absolute atomic E-state index is 0.455. The molecule has 0 spiro atoms. The van der Waals surface area contributed by atoms with E-state index in [0.29, 0.717) is 6.04 Å². The van der Waals surface area contributed by atoms with Crippen LogP contribution in [0.25, 0.3) is 0 Å². The Kier molecular flexibility index (Phi) is 4.67. The Bertz CT molecular complexity index is 464. The van der Waals surface area contributed by atoms with Crippen molar-refractivity contribution < 1.29 is 4.74 Å². The number of hydrogen-bond donors (Lipinski definition) is 1. The molecule has 0 bridgehead atoms. The van der Waals surface area contributed by atoms with Gasteiger partial charge in [0.2, 0.25) is 0 Å². The first-order chi connectivity index (χ1) is 9.74. The van der Waals surface area contributed by atoms with Crippen molar-refractivity contribution in [2.45, 2.75) is 51.5 Å². The quantitative estimate of drug-likeness (QED) is 0.855. The van der Waals surface area contributed by atoms with Crippen molar-refractivity contribution in [3.63, 3.8) is 0 Å². The molecular formula is C17H24BrNO. The van der Waals surface area contributed by atoms with Crippen LogP contribution in [0.1, 0.15) is 55.7 Å². The van der Waals surface area contributed by atoms with Crippen LogP contribution >= 0.6 is 15.9 Å². The van der Waals surface area contributed by atoms with E-state index in [1.807, 2.05) is 0 Å². The third-order valence-electron chi connectivity index (χ3n) is 4.59. The molecule has 1 aromatic carbocycles. The highest BCUT2D eigenvalue weighted by molar-refractivity contribution is 9.10. The molecule has 20 heavy (non-hydrogen) atoms. The lowest BCUT2D eigenvalue weighted by molar-refractivity contribution is 0.177. The molecule has 3 rings (SSSR count). The topological polar surface area (TPSA) is 21.3 Å². The van der Waals surface area contributed by atoms with Crippen LogP contribution in [0, 0.1) is 12.8 Å². The minimum Gasteiger partial charge on any atom is -0.492 e. The van der Waals surface area contributed by atoms with E-state index in [1.165, 1.54) is 49.7 Å². The summed E-state index contributed by atoms with van der Waals surface area (Å²) in [4.78, 5) is 0. The lowest BCUT2D eigenvalue weighted by Gasteiger charge is -2.29. The van der Waals surface area contributed by atoms with Crippen molar-refractivity contribution >= 4 is 15.9 Å². The lowest BCUT2D eigenvalue weighted by Crippen LogP contribution is -2.28. The molecule has 0 amide bonds. The summed E-state index contributed by atoms with van der Waals surface area (Å²) < 4.78 is 7.30. The second-order valence-corrected chi connectivity index (χ2v) is 7.13. The largest absolute Gasteiger partial charge is 0.492 e. The molecule has 2 nitrogen and oxygen atoms in total. The Morgan fingerprint density at radius 3 is 2.70 bits per heavy atom. The van der Waals surface area contributed by atoms with Gasteiger partial charge in [0.05, 0.1) is 11.1 Å². The van der Waals surface area contributed by atoms with E-state index >= 15 is 0 Å². The number of hydrogen-bond acceptors (Lipinski definition) is 2. The number of rotatable bonds is 4. The first kappa shape index (κ1) is 14.4. The molecule has 1 N–H and O–H groups in total. The average Bonchev–Trinajstić information content (AvgIpc) is 2.40. The molecule has 1 aromatic rings. The van der Waals surface area contributed by atoms with E-state index in [2.05, 4.69) is 40.3 Å². The molecule has 1 atom stereocenters.